The van der Waals surface area contributed by atoms with Crippen molar-refractivity contribution in [3.63, 3.8) is 0 Å². The molecule has 0 saturated heterocycles. The van der Waals surface area contributed by atoms with Crippen molar-refractivity contribution >= 4 is 11.3 Å². The number of nitrogens with two attached hydrogens (primary N) is 1. The Morgan fingerprint density at radius 2 is 2.00 bits per heavy atom. The molecule has 0 fully saturated rings. The molecule has 0 saturated carbocycles. The summed E-state index contributed by atoms with van der Waals surface area (Å²) in [5.74, 6) is 0.500. The monoisotopic (exact) mass is 244 g/mol. The smallest absolute Gasteiger partial charge is 0.396 e. The third-order valence-electron chi connectivity index (χ3n) is 2.32. The largest absolute Gasteiger partial charge is 0.417 e. The van der Waals surface area contributed by atoms with Gasteiger partial charge in [0.25, 0.3) is 0 Å². The predicted octanol–water partition coefficient (Wildman–Crippen LogP) is 2.45. The van der Waals surface area contributed by atoms with Gasteiger partial charge in [-0.05, 0) is 6.07 Å². The maximum absolute atomic E-state index is 12.5. The highest BCUT2D eigenvalue weighted by Crippen LogP contribution is 2.31. The lowest BCUT2D eigenvalue weighted by Crippen LogP contribution is -2.08. The fourth-order valence-electron chi connectivity index (χ4n) is 1.43. The minimum Gasteiger partial charge on any atom is -0.396 e. The van der Waals surface area contributed by atoms with Crippen molar-refractivity contribution in [3.05, 3.63) is 23.7 Å². The lowest BCUT2D eigenvalue weighted by atomic mass is 10.2. The first-order chi connectivity index (χ1) is 7.79. The highest BCUT2D eigenvalue weighted by atomic mass is 19.4. The summed E-state index contributed by atoms with van der Waals surface area (Å²) in [7, 11) is 0. The van der Waals surface area contributed by atoms with Crippen LogP contribution in [0.2, 0.25) is 0 Å². The summed E-state index contributed by atoms with van der Waals surface area (Å²) in [6.07, 6.45) is -3.54. The van der Waals surface area contributed by atoms with E-state index in [1.807, 2.05) is 13.8 Å². The molecule has 7 heteroatoms. The van der Waals surface area contributed by atoms with Crippen LogP contribution >= 0.6 is 0 Å². The van der Waals surface area contributed by atoms with E-state index in [0.717, 1.165) is 16.8 Å². The van der Waals surface area contributed by atoms with Gasteiger partial charge in [0.05, 0.1) is 11.3 Å². The Morgan fingerprint density at radius 3 is 2.53 bits per heavy atom. The number of aromatic nitrogens is 3. The van der Waals surface area contributed by atoms with E-state index in [1.165, 1.54) is 0 Å². The van der Waals surface area contributed by atoms with Crippen LogP contribution in [0, 0.1) is 0 Å². The molecule has 92 valence electrons. The van der Waals surface area contributed by atoms with Gasteiger partial charge in [-0.25, -0.2) is 9.50 Å². The Morgan fingerprint density at radius 1 is 1.35 bits per heavy atom. The van der Waals surface area contributed by atoms with Gasteiger partial charge in [0, 0.05) is 12.1 Å². The minimum absolute atomic E-state index is 0.0285. The first-order valence-electron chi connectivity index (χ1n) is 5.02. The van der Waals surface area contributed by atoms with Gasteiger partial charge in [0.1, 0.15) is 0 Å². The maximum atomic E-state index is 12.5. The van der Waals surface area contributed by atoms with Crippen LogP contribution in [0.3, 0.4) is 0 Å². The Bertz CT molecular complexity index is 556. The SMILES string of the molecule is CC(C)c1nc2c(N)cc(C(F)(F)F)cn2n1. The molecule has 0 aliphatic carbocycles. The van der Waals surface area contributed by atoms with E-state index in [9.17, 15) is 13.2 Å². The van der Waals surface area contributed by atoms with Gasteiger partial charge in [-0.3, -0.25) is 0 Å². The third-order valence-corrected chi connectivity index (χ3v) is 2.32. The van der Waals surface area contributed by atoms with Crippen molar-refractivity contribution < 1.29 is 13.2 Å². The van der Waals surface area contributed by atoms with Crippen LogP contribution in [0.5, 0.6) is 0 Å². The normalized spacial score (nSPS) is 12.6. The topological polar surface area (TPSA) is 56.2 Å². The molecule has 0 amide bonds. The van der Waals surface area contributed by atoms with Gasteiger partial charge in [-0.2, -0.15) is 18.3 Å². The fraction of sp³-hybridized carbons (Fsp3) is 0.400. The van der Waals surface area contributed by atoms with E-state index in [2.05, 4.69) is 10.1 Å². The zero-order valence-corrected chi connectivity index (χ0v) is 9.28. The van der Waals surface area contributed by atoms with Crippen molar-refractivity contribution in [3.8, 4) is 0 Å². The molecule has 0 aromatic carbocycles. The molecular weight excluding hydrogens is 233 g/mol. The molecule has 0 spiro atoms. The number of hydrogen-bond donors (Lipinski definition) is 1. The Hall–Kier alpha value is -1.79. The summed E-state index contributed by atoms with van der Waals surface area (Å²) in [5.41, 5.74) is 4.94. The average Bonchev–Trinajstić information content (AvgIpc) is 2.60. The molecule has 0 atom stereocenters. The standard InChI is InChI=1S/C10H11F3N4/c1-5(2)8-15-9-7(14)3-6(10(11,12)13)4-17(9)16-8/h3-5H,14H2,1-2H3. The van der Waals surface area contributed by atoms with Crippen LogP contribution in [-0.4, -0.2) is 14.6 Å². The van der Waals surface area contributed by atoms with Crippen molar-refractivity contribution in [1.82, 2.24) is 14.6 Å². The highest BCUT2D eigenvalue weighted by molar-refractivity contribution is 5.65. The lowest BCUT2D eigenvalue weighted by Gasteiger charge is -2.07. The average molecular weight is 244 g/mol. The summed E-state index contributed by atoms with van der Waals surface area (Å²) in [5, 5.41) is 3.97. The molecule has 2 N–H and O–H groups in total. The van der Waals surface area contributed by atoms with E-state index < -0.39 is 11.7 Å². The van der Waals surface area contributed by atoms with Crippen molar-refractivity contribution in [2.45, 2.75) is 25.9 Å². The number of nitrogen functional groups attached to an aromatic ring is 1. The van der Waals surface area contributed by atoms with Gasteiger partial charge in [0.15, 0.2) is 11.5 Å². The second-order valence-corrected chi connectivity index (χ2v) is 4.07. The first kappa shape index (κ1) is 11.7. The molecule has 0 aliphatic heterocycles. The number of pyridine rings is 1. The summed E-state index contributed by atoms with van der Waals surface area (Å²) in [6, 6.07) is 0.869. The number of anilines is 1. The van der Waals surface area contributed by atoms with Gasteiger partial charge in [-0.1, -0.05) is 13.8 Å². The Balaban J connectivity index is 2.65. The molecule has 0 radical (unpaired) electrons. The second kappa shape index (κ2) is 3.61. The number of halogens is 3. The molecule has 0 unspecified atom stereocenters. The summed E-state index contributed by atoms with van der Waals surface area (Å²) < 4.78 is 38.7. The Labute approximate surface area is 95.3 Å². The molecule has 2 aromatic rings. The molecule has 2 aromatic heterocycles. The molecule has 0 bridgehead atoms. The number of nitrogens with zero attached hydrogens (tertiary/aromatic N) is 3. The number of alkyl halides is 3. The summed E-state index contributed by atoms with van der Waals surface area (Å²) in [6.45, 7) is 3.71. The van der Waals surface area contributed by atoms with E-state index >= 15 is 0 Å². The number of fused-ring (bicyclic) bond motifs is 1. The summed E-state index contributed by atoms with van der Waals surface area (Å²) >= 11 is 0. The molecule has 17 heavy (non-hydrogen) atoms. The zero-order chi connectivity index (χ0) is 12.8. The number of rotatable bonds is 1. The van der Waals surface area contributed by atoms with Crippen LogP contribution in [0.4, 0.5) is 18.9 Å². The van der Waals surface area contributed by atoms with Crippen molar-refractivity contribution in [2.24, 2.45) is 0 Å². The summed E-state index contributed by atoms with van der Waals surface area (Å²) in [4.78, 5) is 4.09. The van der Waals surface area contributed by atoms with E-state index in [-0.39, 0.29) is 17.3 Å². The van der Waals surface area contributed by atoms with E-state index in [0.29, 0.717) is 5.82 Å². The van der Waals surface area contributed by atoms with E-state index in [1.54, 1.807) is 0 Å². The van der Waals surface area contributed by atoms with Gasteiger partial charge < -0.3 is 5.73 Å². The van der Waals surface area contributed by atoms with Crippen LogP contribution in [0.1, 0.15) is 31.2 Å². The lowest BCUT2D eigenvalue weighted by molar-refractivity contribution is -0.137. The van der Waals surface area contributed by atoms with E-state index in [4.69, 9.17) is 5.73 Å². The molecule has 2 rings (SSSR count). The molecule has 4 nitrogen and oxygen atoms in total. The quantitative estimate of drug-likeness (QED) is 0.838. The van der Waals surface area contributed by atoms with Gasteiger partial charge in [0.2, 0.25) is 0 Å². The van der Waals surface area contributed by atoms with Crippen LogP contribution < -0.4 is 5.73 Å². The zero-order valence-electron chi connectivity index (χ0n) is 9.28. The van der Waals surface area contributed by atoms with Gasteiger partial charge in [-0.15, -0.1) is 0 Å². The second-order valence-electron chi connectivity index (χ2n) is 4.07. The van der Waals surface area contributed by atoms with Crippen LogP contribution in [0.15, 0.2) is 12.3 Å². The van der Waals surface area contributed by atoms with Crippen LogP contribution in [0.25, 0.3) is 5.65 Å². The highest BCUT2D eigenvalue weighted by Gasteiger charge is 2.32. The van der Waals surface area contributed by atoms with Gasteiger partial charge >= 0.3 is 6.18 Å². The predicted molar refractivity (Wildman–Crippen MR) is 56.5 cm³/mol. The maximum Gasteiger partial charge on any atom is 0.417 e. The third kappa shape index (κ3) is 2.04. The molecule has 0 aliphatic rings. The molecular formula is C10H11F3N4. The number of hydrogen-bond acceptors (Lipinski definition) is 3. The van der Waals surface area contributed by atoms with Crippen molar-refractivity contribution in [1.29, 1.82) is 0 Å². The first-order valence-corrected chi connectivity index (χ1v) is 5.02. The van der Waals surface area contributed by atoms with Crippen molar-refractivity contribution in [2.75, 3.05) is 5.73 Å². The van der Waals surface area contributed by atoms with Crippen LogP contribution in [-0.2, 0) is 6.18 Å². The fourth-order valence-corrected chi connectivity index (χ4v) is 1.43. The molecule has 2 heterocycles. The Kier molecular flexibility index (Phi) is 2.48. The minimum atomic E-state index is -4.44.